The van der Waals surface area contributed by atoms with Crippen molar-refractivity contribution in [3.63, 3.8) is 0 Å². The number of nitrogens with two attached hydrogens (primary N) is 1. The van der Waals surface area contributed by atoms with Crippen LogP contribution in [0, 0.1) is 5.41 Å². The van der Waals surface area contributed by atoms with Crippen LogP contribution in [0.15, 0.2) is 24.3 Å². The van der Waals surface area contributed by atoms with E-state index in [-0.39, 0.29) is 12.2 Å². The van der Waals surface area contributed by atoms with Gasteiger partial charge in [-0.2, -0.15) is 0 Å². The molecule has 1 aliphatic rings. The van der Waals surface area contributed by atoms with Crippen molar-refractivity contribution in [2.45, 2.75) is 39.3 Å². The second-order valence-corrected chi connectivity index (χ2v) is 6.15. The lowest BCUT2D eigenvalue weighted by Gasteiger charge is -2.20. The van der Waals surface area contributed by atoms with Gasteiger partial charge in [-0.25, -0.2) is 0 Å². The van der Waals surface area contributed by atoms with Gasteiger partial charge in [0.1, 0.15) is 0 Å². The molecule has 1 saturated heterocycles. The van der Waals surface area contributed by atoms with Crippen LogP contribution in [0.4, 0.5) is 5.69 Å². The van der Waals surface area contributed by atoms with Crippen LogP contribution in [0.1, 0.15) is 38.7 Å². The molecule has 1 aromatic carbocycles. The molecule has 0 aliphatic carbocycles. The second kappa shape index (κ2) is 5.21. The van der Waals surface area contributed by atoms with Gasteiger partial charge >= 0.3 is 5.97 Å². The first-order valence-corrected chi connectivity index (χ1v) is 6.66. The van der Waals surface area contributed by atoms with Gasteiger partial charge in [0.2, 0.25) is 0 Å². The molecule has 1 fully saturated rings. The zero-order chi connectivity index (χ0) is 14.0. The van der Waals surface area contributed by atoms with E-state index in [0.29, 0.717) is 5.92 Å². The zero-order valence-electron chi connectivity index (χ0n) is 11.8. The number of carbonyl (C=O) groups is 1. The van der Waals surface area contributed by atoms with Crippen molar-refractivity contribution in [1.29, 1.82) is 0 Å². The van der Waals surface area contributed by atoms with E-state index in [2.05, 4.69) is 5.32 Å². The molecule has 4 heteroatoms. The van der Waals surface area contributed by atoms with Crippen molar-refractivity contribution in [2.24, 2.45) is 5.41 Å². The second-order valence-electron chi connectivity index (χ2n) is 6.15. The summed E-state index contributed by atoms with van der Waals surface area (Å²) in [7, 11) is 0. The standard InChI is InChI=1S/C15H22N2O2/c1-15(2,3)14(18)19-13-8-11(9-17-13)10-4-6-12(16)7-5-10/h4-7,11,13,17H,8-9,16H2,1-3H3. The fourth-order valence-corrected chi connectivity index (χ4v) is 2.12. The largest absolute Gasteiger partial charge is 0.446 e. The molecule has 0 bridgehead atoms. The van der Waals surface area contributed by atoms with Crippen LogP contribution in [0.2, 0.25) is 0 Å². The fraction of sp³-hybridized carbons (Fsp3) is 0.533. The smallest absolute Gasteiger partial charge is 0.312 e. The Kier molecular flexibility index (Phi) is 3.80. The molecule has 1 aliphatic heterocycles. The number of carbonyl (C=O) groups excluding carboxylic acids is 1. The predicted molar refractivity (Wildman–Crippen MR) is 75.6 cm³/mol. The van der Waals surface area contributed by atoms with Gasteiger partial charge < -0.3 is 10.5 Å². The van der Waals surface area contributed by atoms with E-state index in [1.807, 2.05) is 45.0 Å². The van der Waals surface area contributed by atoms with E-state index in [1.165, 1.54) is 5.56 Å². The van der Waals surface area contributed by atoms with Crippen molar-refractivity contribution in [1.82, 2.24) is 5.32 Å². The summed E-state index contributed by atoms with van der Waals surface area (Å²) >= 11 is 0. The Labute approximate surface area is 114 Å². The highest BCUT2D eigenvalue weighted by Crippen LogP contribution is 2.28. The number of esters is 1. The highest BCUT2D eigenvalue weighted by molar-refractivity contribution is 5.75. The number of anilines is 1. The third-order valence-corrected chi connectivity index (χ3v) is 3.36. The van der Waals surface area contributed by atoms with Gasteiger partial charge in [0.25, 0.3) is 0 Å². The molecule has 0 radical (unpaired) electrons. The van der Waals surface area contributed by atoms with Crippen LogP contribution in [-0.4, -0.2) is 18.7 Å². The van der Waals surface area contributed by atoms with E-state index in [0.717, 1.165) is 18.7 Å². The lowest BCUT2D eigenvalue weighted by atomic mass is 9.96. The average Bonchev–Trinajstić information content (AvgIpc) is 2.77. The average molecular weight is 262 g/mol. The normalized spacial score (nSPS) is 23.3. The third-order valence-electron chi connectivity index (χ3n) is 3.36. The number of ether oxygens (including phenoxy) is 1. The summed E-state index contributed by atoms with van der Waals surface area (Å²) in [5.41, 5.74) is 7.23. The summed E-state index contributed by atoms with van der Waals surface area (Å²) in [6, 6.07) is 7.89. The number of rotatable bonds is 2. The highest BCUT2D eigenvalue weighted by Gasteiger charge is 2.31. The summed E-state index contributed by atoms with van der Waals surface area (Å²) in [6.45, 7) is 6.41. The molecule has 2 rings (SSSR count). The Morgan fingerprint density at radius 3 is 2.53 bits per heavy atom. The Balaban J connectivity index is 1.93. The molecule has 2 atom stereocenters. The lowest BCUT2D eigenvalue weighted by molar-refractivity contribution is -0.159. The maximum Gasteiger partial charge on any atom is 0.312 e. The molecule has 2 unspecified atom stereocenters. The summed E-state index contributed by atoms with van der Waals surface area (Å²) in [6.07, 6.45) is 0.625. The van der Waals surface area contributed by atoms with Gasteiger partial charge in [0.05, 0.1) is 5.41 Å². The molecule has 0 amide bonds. The molecule has 0 saturated carbocycles. The fourth-order valence-electron chi connectivity index (χ4n) is 2.12. The van der Waals surface area contributed by atoms with E-state index >= 15 is 0 Å². The minimum atomic E-state index is -0.457. The first kappa shape index (κ1) is 13.9. The molecular formula is C15H22N2O2. The van der Waals surface area contributed by atoms with E-state index in [9.17, 15) is 4.79 Å². The first-order valence-electron chi connectivity index (χ1n) is 6.66. The first-order chi connectivity index (χ1) is 8.86. The molecule has 0 spiro atoms. The van der Waals surface area contributed by atoms with Gasteiger partial charge in [0.15, 0.2) is 6.23 Å². The minimum absolute atomic E-state index is 0.164. The van der Waals surface area contributed by atoms with Gasteiger partial charge in [-0.05, 0) is 38.5 Å². The molecule has 1 heterocycles. The quantitative estimate of drug-likeness (QED) is 0.634. The van der Waals surface area contributed by atoms with Crippen LogP contribution in [0.5, 0.6) is 0 Å². The topological polar surface area (TPSA) is 64.3 Å². The monoisotopic (exact) mass is 262 g/mol. The zero-order valence-corrected chi connectivity index (χ0v) is 11.8. The van der Waals surface area contributed by atoms with Crippen molar-refractivity contribution in [3.8, 4) is 0 Å². The molecular weight excluding hydrogens is 240 g/mol. The van der Waals surface area contributed by atoms with E-state index in [4.69, 9.17) is 10.5 Å². The number of hydrogen-bond acceptors (Lipinski definition) is 4. The van der Waals surface area contributed by atoms with Crippen molar-refractivity contribution >= 4 is 11.7 Å². The highest BCUT2D eigenvalue weighted by atomic mass is 16.6. The lowest BCUT2D eigenvalue weighted by Crippen LogP contribution is -2.33. The molecule has 19 heavy (non-hydrogen) atoms. The molecule has 0 aromatic heterocycles. The predicted octanol–water partition coefficient (Wildman–Crippen LogP) is 2.26. The summed E-state index contributed by atoms with van der Waals surface area (Å²) in [5, 5.41) is 3.25. The maximum absolute atomic E-state index is 11.8. The molecule has 4 nitrogen and oxygen atoms in total. The van der Waals surface area contributed by atoms with Crippen LogP contribution in [0.3, 0.4) is 0 Å². The van der Waals surface area contributed by atoms with Gasteiger partial charge in [0, 0.05) is 24.6 Å². The van der Waals surface area contributed by atoms with Crippen molar-refractivity contribution in [2.75, 3.05) is 12.3 Å². The van der Waals surface area contributed by atoms with Crippen molar-refractivity contribution < 1.29 is 9.53 Å². The number of benzene rings is 1. The Hall–Kier alpha value is -1.55. The number of hydrogen-bond donors (Lipinski definition) is 2. The van der Waals surface area contributed by atoms with Crippen molar-refractivity contribution in [3.05, 3.63) is 29.8 Å². The number of nitrogen functional groups attached to an aromatic ring is 1. The Morgan fingerprint density at radius 2 is 1.95 bits per heavy atom. The summed E-state index contributed by atoms with van der Waals surface area (Å²) in [5.74, 6) is 0.210. The molecule has 104 valence electrons. The van der Waals surface area contributed by atoms with Crippen LogP contribution >= 0.6 is 0 Å². The minimum Gasteiger partial charge on any atom is -0.446 e. The van der Waals surface area contributed by atoms with Gasteiger partial charge in [-0.3, -0.25) is 10.1 Å². The molecule has 1 aromatic rings. The maximum atomic E-state index is 11.8. The Morgan fingerprint density at radius 1 is 1.32 bits per heavy atom. The van der Waals surface area contributed by atoms with E-state index in [1.54, 1.807) is 0 Å². The summed E-state index contributed by atoms with van der Waals surface area (Å²) in [4.78, 5) is 11.8. The van der Waals surface area contributed by atoms with Crippen LogP contribution in [0.25, 0.3) is 0 Å². The van der Waals surface area contributed by atoms with Gasteiger partial charge in [-0.1, -0.05) is 12.1 Å². The summed E-state index contributed by atoms with van der Waals surface area (Å²) < 4.78 is 5.48. The van der Waals surface area contributed by atoms with Crippen LogP contribution < -0.4 is 11.1 Å². The Bertz CT molecular complexity index is 448. The van der Waals surface area contributed by atoms with E-state index < -0.39 is 5.41 Å². The number of nitrogens with one attached hydrogen (secondary N) is 1. The SMILES string of the molecule is CC(C)(C)C(=O)OC1CC(c2ccc(N)cc2)CN1. The third kappa shape index (κ3) is 3.47. The molecule has 3 N–H and O–H groups in total. The van der Waals surface area contributed by atoms with Crippen LogP contribution in [-0.2, 0) is 9.53 Å². The van der Waals surface area contributed by atoms with Gasteiger partial charge in [-0.15, -0.1) is 0 Å².